The van der Waals surface area contributed by atoms with Crippen molar-refractivity contribution in [2.45, 2.75) is 0 Å². The van der Waals surface area contributed by atoms with Gasteiger partial charge in [-0.05, 0) is 12.1 Å². The lowest BCUT2D eigenvalue weighted by molar-refractivity contribution is 0.371. The van der Waals surface area contributed by atoms with E-state index >= 15 is 0 Å². The molecule has 0 aliphatic heterocycles. The Labute approximate surface area is 144 Å². The van der Waals surface area contributed by atoms with Crippen molar-refractivity contribution in [3.05, 3.63) is 87.9 Å². The van der Waals surface area contributed by atoms with Gasteiger partial charge in [-0.3, -0.25) is 0 Å². The average Bonchev–Trinajstić information content (AvgIpc) is 3.08. The van der Waals surface area contributed by atoms with Gasteiger partial charge in [-0.15, -0.1) is 0 Å². The molecule has 2 aromatic carbocycles. The van der Waals surface area contributed by atoms with E-state index in [9.17, 15) is 0 Å². The number of aromatic amines is 1. The maximum atomic E-state index is 6.41. The van der Waals surface area contributed by atoms with Gasteiger partial charge in [-0.1, -0.05) is 59.6 Å². The lowest BCUT2D eigenvalue weighted by atomic mass is 10.00. The summed E-state index contributed by atoms with van der Waals surface area (Å²) in [5, 5.41) is 1.12. The molecule has 116 valence electrons. The van der Waals surface area contributed by atoms with Crippen molar-refractivity contribution in [1.82, 2.24) is 9.97 Å². The van der Waals surface area contributed by atoms with Gasteiger partial charge in [0.2, 0.25) is 0 Å². The summed E-state index contributed by atoms with van der Waals surface area (Å²) in [5.41, 5.74) is 2.52. The number of hydrogen-bond acceptors (Lipinski definition) is 2. The lowest BCUT2D eigenvalue weighted by Crippen LogP contribution is -1.99. The van der Waals surface area contributed by atoms with Crippen LogP contribution in [-0.4, -0.2) is 17.1 Å². The lowest BCUT2D eigenvalue weighted by Gasteiger charge is -2.15. The number of imidazole rings is 1. The minimum Gasteiger partial charge on any atom is -0.495 e. The summed E-state index contributed by atoms with van der Waals surface area (Å²) in [6.45, 7) is 0. The predicted octanol–water partition coefficient (Wildman–Crippen LogP) is 5.28. The topological polar surface area (TPSA) is 37.9 Å². The third-order valence-electron chi connectivity index (χ3n) is 3.40. The molecule has 1 heterocycles. The summed E-state index contributed by atoms with van der Waals surface area (Å²) >= 11 is 12.4. The second-order valence-corrected chi connectivity index (χ2v) is 5.68. The third kappa shape index (κ3) is 3.26. The van der Waals surface area contributed by atoms with Gasteiger partial charge < -0.3 is 9.72 Å². The van der Waals surface area contributed by atoms with E-state index in [4.69, 9.17) is 27.9 Å². The first kappa shape index (κ1) is 15.7. The fraction of sp³-hybridized carbons (Fsp3) is 0.0556. The normalized spacial score (nSPS) is 12.0. The zero-order valence-electron chi connectivity index (χ0n) is 12.4. The molecule has 1 aromatic heterocycles. The summed E-state index contributed by atoms with van der Waals surface area (Å²) in [6.07, 6.45) is 3.45. The van der Waals surface area contributed by atoms with Crippen LogP contribution in [0.4, 0.5) is 0 Å². The van der Waals surface area contributed by atoms with Crippen molar-refractivity contribution in [3.8, 4) is 0 Å². The Morgan fingerprint density at radius 1 is 1.09 bits per heavy atom. The Balaban J connectivity index is 2.30. The number of benzene rings is 2. The summed E-state index contributed by atoms with van der Waals surface area (Å²) in [7, 11) is 1.63. The molecule has 5 heteroatoms. The molecule has 0 unspecified atom stereocenters. The van der Waals surface area contributed by atoms with Gasteiger partial charge in [-0.25, -0.2) is 4.98 Å². The van der Waals surface area contributed by atoms with Crippen LogP contribution in [0, 0.1) is 0 Å². The smallest absolute Gasteiger partial charge is 0.141 e. The quantitative estimate of drug-likeness (QED) is 0.516. The van der Waals surface area contributed by atoms with E-state index < -0.39 is 0 Å². The maximum Gasteiger partial charge on any atom is 0.141 e. The molecule has 3 rings (SSSR count). The number of nitrogens with one attached hydrogen (secondary N) is 1. The van der Waals surface area contributed by atoms with E-state index in [1.807, 2.05) is 36.4 Å². The molecular weight excluding hydrogens is 331 g/mol. The molecule has 0 fully saturated rings. The Hall–Kier alpha value is -2.23. The Morgan fingerprint density at radius 2 is 1.87 bits per heavy atom. The van der Waals surface area contributed by atoms with Crippen molar-refractivity contribution in [2.24, 2.45) is 0 Å². The van der Waals surface area contributed by atoms with Crippen LogP contribution in [-0.2, 0) is 4.74 Å². The van der Waals surface area contributed by atoms with Crippen molar-refractivity contribution in [3.63, 3.8) is 0 Å². The molecule has 0 aliphatic carbocycles. The van der Waals surface area contributed by atoms with Gasteiger partial charge in [0, 0.05) is 28.5 Å². The zero-order valence-corrected chi connectivity index (χ0v) is 13.9. The fourth-order valence-electron chi connectivity index (χ4n) is 2.41. The van der Waals surface area contributed by atoms with E-state index in [-0.39, 0.29) is 0 Å². The molecule has 0 amide bonds. The summed E-state index contributed by atoms with van der Waals surface area (Å²) in [6, 6.07) is 15.2. The molecule has 1 N–H and O–H groups in total. The zero-order chi connectivity index (χ0) is 16.2. The number of methoxy groups -OCH3 is 1. The largest absolute Gasteiger partial charge is 0.495 e. The van der Waals surface area contributed by atoms with E-state index in [0.29, 0.717) is 21.6 Å². The van der Waals surface area contributed by atoms with Crippen LogP contribution < -0.4 is 0 Å². The van der Waals surface area contributed by atoms with Crippen molar-refractivity contribution in [2.75, 3.05) is 7.11 Å². The first-order chi connectivity index (χ1) is 11.2. The predicted molar refractivity (Wildman–Crippen MR) is 94.4 cm³/mol. The van der Waals surface area contributed by atoms with Gasteiger partial charge in [-0.2, -0.15) is 0 Å². The summed E-state index contributed by atoms with van der Waals surface area (Å²) in [4.78, 5) is 7.49. The van der Waals surface area contributed by atoms with Gasteiger partial charge >= 0.3 is 0 Å². The van der Waals surface area contributed by atoms with Crippen LogP contribution in [0.25, 0.3) is 11.3 Å². The van der Waals surface area contributed by atoms with Gasteiger partial charge in [0.05, 0.1) is 17.7 Å². The molecule has 3 aromatic rings. The number of rotatable bonds is 4. The second kappa shape index (κ2) is 6.90. The van der Waals surface area contributed by atoms with Gasteiger partial charge in [0.15, 0.2) is 0 Å². The van der Waals surface area contributed by atoms with Crippen LogP contribution in [0.1, 0.15) is 17.0 Å². The van der Waals surface area contributed by atoms with Gasteiger partial charge in [0.1, 0.15) is 11.6 Å². The second-order valence-electron chi connectivity index (χ2n) is 4.84. The van der Waals surface area contributed by atoms with Gasteiger partial charge in [0.25, 0.3) is 0 Å². The Kier molecular flexibility index (Phi) is 4.70. The third-order valence-corrected chi connectivity index (χ3v) is 3.95. The molecule has 0 spiro atoms. The monoisotopic (exact) mass is 344 g/mol. The minimum absolute atomic E-state index is 0.536. The van der Waals surface area contributed by atoms with Crippen LogP contribution in [0.5, 0.6) is 0 Å². The molecular formula is C18H14Cl2N2O. The molecule has 0 aliphatic rings. The van der Waals surface area contributed by atoms with Crippen LogP contribution >= 0.6 is 23.2 Å². The molecule has 0 radical (unpaired) electrons. The van der Waals surface area contributed by atoms with Crippen molar-refractivity contribution in [1.29, 1.82) is 0 Å². The van der Waals surface area contributed by atoms with Crippen LogP contribution in [0.3, 0.4) is 0 Å². The highest BCUT2D eigenvalue weighted by Crippen LogP contribution is 2.35. The number of halogens is 2. The van der Waals surface area contributed by atoms with Crippen LogP contribution in [0.15, 0.2) is 60.9 Å². The first-order valence-electron chi connectivity index (χ1n) is 6.99. The standard InChI is InChI=1S/C18H14Cl2N2O/c1-23-17(12-5-3-2-4-6-12)16(18-21-9-10-22-18)14-8-7-13(19)11-15(14)20/h2-11H,1H3,(H,21,22). The molecule has 0 saturated heterocycles. The molecule has 23 heavy (non-hydrogen) atoms. The highest BCUT2D eigenvalue weighted by atomic mass is 35.5. The molecule has 3 nitrogen and oxygen atoms in total. The summed E-state index contributed by atoms with van der Waals surface area (Å²) < 4.78 is 5.69. The summed E-state index contributed by atoms with van der Waals surface area (Å²) in [5.74, 6) is 1.36. The average molecular weight is 345 g/mol. The number of aromatic nitrogens is 2. The fourth-order valence-corrected chi connectivity index (χ4v) is 2.91. The number of H-pyrrole nitrogens is 1. The molecule has 0 bridgehead atoms. The van der Waals surface area contributed by atoms with E-state index in [1.54, 1.807) is 31.6 Å². The Morgan fingerprint density at radius 3 is 2.48 bits per heavy atom. The SMILES string of the molecule is COC(=C(c1ncc[nH]1)c1ccc(Cl)cc1Cl)c1ccccc1. The molecule has 0 saturated carbocycles. The van der Waals surface area contributed by atoms with E-state index in [0.717, 1.165) is 16.7 Å². The maximum absolute atomic E-state index is 6.41. The first-order valence-corrected chi connectivity index (χ1v) is 7.75. The highest BCUT2D eigenvalue weighted by Gasteiger charge is 2.19. The van der Waals surface area contributed by atoms with Crippen molar-refractivity contribution >= 4 is 34.5 Å². The van der Waals surface area contributed by atoms with E-state index in [1.165, 1.54) is 0 Å². The Bertz CT molecular complexity index is 827. The van der Waals surface area contributed by atoms with Crippen molar-refractivity contribution < 1.29 is 4.74 Å². The van der Waals surface area contributed by atoms with E-state index in [2.05, 4.69) is 9.97 Å². The number of hydrogen-bond donors (Lipinski definition) is 1. The highest BCUT2D eigenvalue weighted by molar-refractivity contribution is 6.36. The minimum atomic E-state index is 0.536. The molecule has 0 atom stereocenters. The number of nitrogens with zero attached hydrogens (tertiary/aromatic N) is 1. The van der Waals surface area contributed by atoms with Crippen LogP contribution in [0.2, 0.25) is 10.0 Å². The number of ether oxygens (including phenoxy) is 1.